The standard InChI is InChI=1S/C17H19ClO/c1-12-3-4-13(2)15(9-12)11-17(19)10-14-5-7-16(18)8-6-14/h3-9,17,19H,10-11H2,1-2H3. The maximum absolute atomic E-state index is 10.2. The molecule has 19 heavy (non-hydrogen) atoms. The molecule has 0 saturated carbocycles. The minimum absolute atomic E-state index is 0.360. The third-order valence-corrected chi connectivity index (χ3v) is 3.60. The van der Waals surface area contributed by atoms with Crippen molar-refractivity contribution in [1.29, 1.82) is 0 Å². The summed E-state index contributed by atoms with van der Waals surface area (Å²) in [5.74, 6) is 0. The van der Waals surface area contributed by atoms with Crippen LogP contribution < -0.4 is 0 Å². The molecule has 2 aromatic carbocycles. The molecule has 0 radical (unpaired) electrons. The Morgan fingerprint density at radius 2 is 1.68 bits per heavy atom. The topological polar surface area (TPSA) is 20.2 Å². The van der Waals surface area contributed by atoms with E-state index in [1.807, 2.05) is 24.3 Å². The van der Waals surface area contributed by atoms with Crippen molar-refractivity contribution in [2.75, 3.05) is 0 Å². The van der Waals surface area contributed by atoms with Crippen molar-refractivity contribution in [1.82, 2.24) is 0 Å². The lowest BCUT2D eigenvalue weighted by atomic mass is 9.97. The summed E-state index contributed by atoms with van der Waals surface area (Å²) >= 11 is 5.85. The number of rotatable bonds is 4. The van der Waals surface area contributed by atoms with Crippen molar-refractivity contribution in [3.63, 3.8) is 0 Å². The van der Waals surface area contributed by atoms with E-state index in [-0.39, 0.29) is 6.10 Å². The molecule has 1 N–H and O–H groups in total. The van der Waals surface area contributed by atoms with Crippen LogP contribution in [-0.4, -0.2) is 11.2 Å². The van der Waals surface area contributed by atoms with Crippen molar-refractivity contribution in [2.45, 2.75) is 32.8 Å². The van der Waals surface area contributed by atoms with E-state index in [0.717, 1.165) is 10.6 Å². The summed E-state index contributed by atoms with van der Waals surface area (Å²) in [6.45, 7) is 4.16. The molecule has 2 rings (SSSR count). The van der Waals surface area contributed by atoms with Gasteiger partial charge in [-0.3, -0.25) is 0 Å². The number of aliphatic hydroxyl groups is 1. The summed E-state index contributed by atoms with van der Waals surface area (Å²) in [6.07, 6.45) is 0.988. The summed E-state index contributed by atoms with van der Waals surface area (Å²) in [5.41, 5.74) is 4.81. The van der Waals surface area contributed by atoms with E-state index in [9.17, 15) is 5.11 Å². The average molecular weight is 275 g/mol. The average Bonchev–Trinajstić information content (AvgIpc) is 2.37. The first kappa shape index (κ1) is 14.1. The molecule has 0 aromatic heterocycles. The van der Waals surface area contributed by atoms with Crippen LogP contribution in [0.5, 0.6) is 0 Å². The van der Waals surface area contributed by atoms with E-state index < -0.39 is 0 Å². The van der Waals surface area contributed by atoms with Gasteiger partial charge in [-0.15, -0.1) is 0 Å². The second-order valence-corrected chi connectivity index (χ2v) is 5.55. The number of aryl methyl sites for hydroxylation is 2. The number of hydrogen-bond donors (Lipinski definition) is 1. The molecule has 0 amide bonds. The van der Waals surface area contributed by atoms with Crippen LogP contribution in [0, 0.1) is 13.8 Å². The molecular weight excluding hydrogens is 256 g/mol. The largest absolute Gasteiger partial charge is 0.392 e. The third kappa shape index (κ3) is 4.09. The zero-order valence-corrected chi connectivity index (χ0v) is 12.1. The Hall–Kier alpha value is -1.31. The molecule has 0 saturated heterocycles. The highest BCUT2D eigenvalue weighted by molar-refractivity contribution is 6.30. The Morgan fingerprint density at radius 3 is 2.37 bits per heavy atom. The SMILES string of the molecule is Cc1ccc(C)c(CC(O)Cc2ccc(Cl)cc2)c1. The van der Waals surface area contributed by atoms with E-state index in [1.54, 1.807) is 0 Å². The predicted octanol–water partition coefficient (Wildman–Crippen LogP) is 4.10. The van der Waals surface area contributed by atoms with Crippen molar-refractivity contribution < 1.29 is 5.11 Å². The maximum Gasteiger partial charge on any atom is 0.0620 e. The molecule has 0 heterocycles. The molecule has 0 aliphatic carbocycles. The van der Waals surface area contributed by atoms with Gasteiger partial charge in [-0.1, -0.05) is 47.5 Å². The van der Waals surface area contributed by atoms with Gasteiger partial charge >= 0.3 is 0 Å². The fourth-order valence-electron chi connectivity index (χ4n) is 2.24. The molecule has 0 bridgehead atoms. The van der Waals surface area contributed by atoms with Gasteiger partial charge in [0.2, 0.25) is 0 Å². The first-order valence-electron chi connectivity index (χ1n) is 6.53. The summed E-state index contributed by atoms with van der Waals surface area (Å²) in [5, 5.41) is 10.9. The number of benzene rings is 2. The van der Waals surface area contributed by atoms with Crippen LogP contribution in [0.2, 0.25) is 5.02 Å². The van der Waals surface area contributed by atoms with E-state index >= 15 is 0 Å². The minimum Gasteiger partial charge on any atom is -0.392 e. The lowest BCUT2D eigenvalue weighted by Crippen LogP contribution is -2.14. The molecule has 1 unspecified atom stereocenters. The number of halogens is 1. The van der Waals surface area contributed by atoms with Gasteiger partial charge in [0.15, 0.2) is 0 Å². The van der Waals surface area contributed by atoms with E-state index in [4.69, 9.17) is 11.6 Å². The molecular formula is C17H19ClO. The van der Waals surface area contributed by atoms with Gasteiger partial charge in [0.05, 0.1) is 6.10 Å². The van der Waals surface area contributed by atoms with Crippen LogP contribution in [0.1, 0.15) is 22.3 Å². The highest BCUT2D eigenvalue weighted by atomic mass is 35.5. The van der Waals surface area contributed by atoms with Crippen LogP contribution in [-0.2, 0) is 12.8 Å². The predicted molar refractivity (Wildman–Crippen MR) is 80.8 cm³/mol. The van der Waals surface area contributed by atoms with E-state index in [0.29, 0.717) is 12.8 Å². The number of hydrogen-bond acceptors (Lipinski definition) is 1. The molecule has 0 fully saturated rings. The Morgan fingerprint density at radius 1 is 1.00 bits per heavy atom. The molecule has 2 aromatic rings. The van der Waals surface area contributed by atoms with Crippen LogP contribution in [0.3, 0.4) is 0 Å². The van der Waals surface area contributed by atoms with Gasteiger partial charge in [0.1, 0.15) is 0 Å². The Bertz CT molecular complexity index is 546. The van der Waals surface area contributed by atoms with Crippen LogP contribution >= 0.6 is 11.6 Å². The highest BCUT2D eigenvalue weighted by Crippen LogP contribution is 2.16. The monoisotopic (exact) mass is 274 g/mol. The van der Waals surface area contributed by atoms with Crippen LogP contribution in [0.25, 0.3) is 0 Å². The fourth-order valence-corrected chi connectivity index (χ4v) is 2.36. The number of aliphatic hydroxyl groups excluding tert-OH is 1. The Balaban J connectivity index is 2.02. The van der Waals surface area contributed by atoms with Crippen LogP contribution in [0.15, 0.2) is 42.5 Å². The maximum atomic E-state index is 10.2. The third-order valence-electron chi connectivity index (χ3n) is 3.34. The summed E-state index contributed by atoms with van der Waals surface area (Å²) in [7, 11) is 0. The quantitative estimate of drug-likeness (QED) is 0.890. The van der Waals surface area contributed by atoms with Crippen molar-refractivity contribution in [3.05, 3.63) is 69.7 Å². The van der Waals surface area contributed by atoms with E-state index in [2.05, 4.69) is 32.0 Å². The first-order valence-corrected chi connectivity index (χ1v) is 6.91. The Kier molecular flexibility index (Phi) is 4.62. The molecule has 1 atom stereocenters. The summed E-state index contributed by atoms with van der Waals surface area (Å²) < 4.78 is 0. The molecule has 0 aliphatic rings. The summed E-state index contributed by atoms with van der Waals surface area (Å²) in [6, 6.07) is 14.0. The van der Waals surface area contributed by atoms with Gasteiger partial charge < -0.3 is 5.11 Å². The van der Waals surface area contributed by atoms with Gasteiger partial charge in [-0.2, -0.15) is 0 Å². The van der Waals surface area contributed by atoms with Crippen molar-refractivity contribution in [3.8, 4) is 0 Å². The molecule has 0 spiro atoms. The van der Waals surface area contributed by atoms with Gasteiger partial charge in [0, 0.05) is 5.02 Å². The lowest BCUT2D eigenvalue weighted by Gasteiger charge is -2.13. The van der Waals surface area contributed by atoms with Crippen LogP contribution in [0.4, 0.5) is 0 Å². The minimum atomic E-state index is -0.360. The summed E-state index contributed by atoms with van der Waals surface area (Å²) in [4.78, 5) is 0. The Labute approximate surface area is 119 Å². The molecule has 0 aliphatic heterocycles. The molecule has 2 heteroatoms. The zero-order valence-electron chi connectivity index (χ0n) is 11.4. The van der Waals surface area contributed by atoms with E-state index in [1.165, 1.54) is 16.7 Å². The second-order valence-electron chi connectivity index (χ2n) is 5.12. The fraction of sp³-hybridized carbons (Fsp3) is 0.294. The van der Waals surface area contributed by atoms with Gasteiger partial charge in [0.25, 0.3) is 0 Å². The molecule has 100 valence electrons. The van der Waals surface area contributed by atoms with Gasteiger partial charge in [-0.05, 0) is 55.5 Å². The zero-order chi connectivity index (χ0) is 13.8. The normalized spacial score (nSPS) is 12.4. The lowest BCUT2D eigenvalue weighted by molar-refractivity contribution is 0.175. The smallest absolute Gasteiger partial charge is 0.0620 e. The highest BCUT2D eigenvalue weighted by Gasteiger charge is 2.09. The molecule has 1 nitrogen and oxygen atoms in total. The van der Waals surface area contributed by atoms with Crippen molar-refractivity contribution in [2.24, 2.45) is 0 Å². The first-order chi connectivity index (χ1) is 9.04. The second kappa shape index (κ2) is 6.23. The van der Waals surface area contributed by atoms with Crippen molar-refractivity contribution >= 4 is 11.6 Å². The van der Waals surface area contributed by atoms with Gasteiger partial charge in [-0.25, -0.2) is 0 Å².